The molecule has 7 heteroatoms. The lowest BCUT2D eigenvalue weighted by molar-refractivity contribution is -0.129. The van der Waals surface area contributed by atoms with Gasteiger partial charge in [0.2, 0.25) is 0 Å². The maximum atomic E-state index is 14.7. The van der Waals surface area contributed by atoms with Crippen LogP contribution < -0.4 is 0 Å². The van der Waals surface area contributed by atoms with Gasteiger partial charge in [0.15, 0.2) is 5.78 Å². The number of rotatable bonds is 8. The molecule has 0 aromatic heterocycles. The van der Waals surface area contributed by atoms with Crippen LogP contribution in [0.5, 0.6) is 0 Å². The lowest BCUT2D eigenvalue weighted by Gasteiger charge is -2.45. The van der Waals surface area contributed by atoms with Crippen LogP contribution in [-0.2, 0) is 23.7 Å². The number of carbonyl (C=O) groups is 1. The molecule has 0 bridgehead atoms. The highest BCUT2D eigenvalue weighted by molar-refractivity contribution is 6.20. The predicted molar refractivity (Wildman–Crippen MR) is 164 cm³/mol. The first-order chi connectivity index (χ1) is 20.6. The van der Waals surface area contributed by atoms with Crippen molar-refractivity contribution in [3.63, 3.8) is 0 Å². The minimum absolute atomic E-state index is 0.0126. The van der Waals surface area contributed by atoms with E-state index >= 15 is 0 Å². The van der Waals surface area contributed by atoms with Crippen molar-refractivity contribution in [2.24, 2.45) is 0 Å². The van der Waals surface area contributed by atoms with Gasteiger partial charge in [-0.05, 0) is 34.4 Å². The molecule has 4 aliphatic rings. The first-order valence-corrected chi connectivity index (χ1v) is 14.9. The van der Waals surface area contributed by atoms with Gasteiger partial charge in [-0.15, -0.1) is 0 Å². The number of methoxy groups -OCH3 is 2. The van der Waals surface area contributed by atoms with Gasteiger partial charge in [-0.3, -0.25) is 14.6 Å². The van der Waals surface area contributed by atoms with Crippen LogP contribution in [0.2, 0.25) is 0 Å². The van der Waals surface area contributed by atoms with Gasteiger partial charge in [0, 0.05) is 64.4 Å². The third kappa shape index (κ3) is 5.49. The summed E-state index contributed by atoms with van der Waals surface area (Å²) in [7, 11) is 3.51. The van der Waals surface area contributed by atoms with Crippen molar-refractivity contribution in [1.29, 1.82) is 0 Å². The number of ether oxygens (including phenoxy) is 4. The van der Waals surface area contributed by atoms with Crippen molar-refractivity contribution >= 4 is 16.9 Å². The van der Waals surface area contributed by atoms with Gasteiger partial charge in [0.25, 0.3) is 0 Å². The molecular weight excluding hydrogens is 528 g/mol. The largest absolute Gasteiger partial charge is 0.379 e. The number of nitrogens with zero attached hydrogens (tertiary/aromatic N) is 2. The topological polar surface area (TPSA) is 60.5 Å². The molecule has 0 saturated carbocycles. The second kappa shape index (κ2) is 12.6. The highest BCUT2D eigenvalue weighted by atomic mass is 16.5. The molecule has 2 aromatic rings. The zero-order valence-electron chi connectivity index (χ0n) is 24.6. The van der Waals surface area contributed by atoms with Crippen molar-refractivity contribution in [3.05, 3.63) is 107 Å². The van der Waals surface area contributed by atoms with Crippen LogP contribution in [0.15, 0.2) is 96.1 Å². The molecule has 0 radical (unpaired) electrons. The second-order valence-corrected chi connectivity index (χ2v) is 11.2. The van der Waals surface area contributed by atoms with Crippen molar-refractivity contribution in [2.75, 3.05) is 66.8 Å². The van der Waals surface area contributed by atoms with E-state index < -0.39 is 11.4 Å². The van der Waals surface area contributed by atoms with Crippen molar-refractivity contribution in [2.45, 2.75) is 24.3 Å². The van der Waals surface area contributed by atoms with E-state index in [1.807, 2.05) is 48.6 Å². The minimum atomic E-state index is -0.640. The maximum Gasteiger partial charge on any atom is 0.193 e. The molecule has 2 aliphatic carbocycles. The summed E-state index contributed by atoms with van der Waals surface area (Å²) in [5, 5.41) is 0. The Bertz CT molecular complexity index is 1280. The van der Waals surface area contributed by atoms with Gasteiger partial charge >= 0.3 is 0 Å². The fraction of sp³-hybridized carbons (Fsp3) is 0.400. The monoisotopic (exact) mass is 568 g/mol. The summed E-state index contributed by atoms with van der Waals surface area (Å²) in [6.07, 6.45) is 9.24. The molecule has 220 valence electrons. The molecule has 2 aliphatic heterocycles. The zero-order chi connectivity index (χ0) is 29.0. The van der Waals surface area contributed by atoms with Crippen molar-refractivity contribution < 1.29 is 23.7 Å². The zero-order valence-corrected chi connectivity index (χ0v) is 24.6. The molecule has 7 nitrogen and oxygen atoms in total. The first-order valence-electron chi connectivity index (χ1n) is 14.9. The standard InChI is InChI=1S/C35H40N2O5/c1-39-34(36-17-21-41-22-18-36)15-13-29(31(25-34)27-9-5-3-6-10-27)33(38)30-14-16-35(40-2,37-19-23-42-24-20-37)26-32(30)28-11-7-4-8-12-28/h3-16H,17-26H2,1-2H3. The SMILES string of the molecule is COC1(N2CCOCC2)C=CC(C(=O)C2=C(c3ccccc3)CC(OC)(N3CCOCC3)C=C2)=C(c2ccccc2)C1. The molecular formula is C35H40N2O5. The van der Waals surface area contributed by atoms with E-state index in [1.165, 1.54) is 0 Å². The van der Waals surface area contributed by atoms with Crippen LogP contribution in [0.1, 0.15) is 24.0 Å². The van der Waals surface area contributed by atoms with E-state index in [9.17, 15) is 4.79 Å². The summed E-state index contributed by atoms with van der Waals surface area (Å²) < 4.78 is 23.7. The third-order valence-corrected chi connectivity index (χ3v) is 9.06. The lowest BCUT2D eigenvalue weighted by atomic mass is 9.79. The molecule has 0 amide bonds. The number of allylic oxidation sites excluding steroid dienone is 4. The molecule has 2 unspecified atom stereocenters. The number of hydrogen-bond acceptors (Lipinski definition) is 7. The fourth-order valence-electron chi connectivity index (χ4n) is 6.66. The Balaban J connectivity index is 1.44. The van der Waals surface area contributed by atoms with Gasteiger partial charge in [-0.2, -0.15) is 0 Å². The number of morpholine rings is 2. The van der Waals surface area contributed by atoms with E-state index in [4.69, 9.17) is 18.9 Å². The first kappa shape index (κ1) is 28.9. The van der Waals surface area contributed by atoms with Crippen molar-refractivity contribution in [1.82, 2.24) is 9.80 Å². The van der Waals surface area contributed by atoms with Gasteiger partial charge < -0.3 is 18.9 Å². The Morgan fingerprint density at radius 2 is 1.02 bits per heavy atom. The second-order valence-electron chi connectivity index (χ2n) is 11.2. The van der Waals surface area contributed by atoms with Crippen LogP contribution in [0, 0.1) is 0 Å². The van der Waals surface area contributed by atoms with Crippen LogP contribution in [0.3, 0.4) is 0 Å². The maximum absolute atomic E-state index is 14.7. The van der Waals surface area contributed by atoms with Gasteiger partial charge in [-0.1, -0.05) is 72.8 Å². The van der Waals surface area contributed by atoms with Crippen LogP contribution >= 0.6 is 0 Å². The Morgan fingerprint density at radius 1 is 0.643 bits per heavy atom. The quantitative estimate of drug-likeness (QED) is 0.456. The molecule has 2 heterocycles. The number of benzene rings is 2. The Morgan fingerprint density at radius 3 is 1.38 bits per heavy atom. The van der Waals surface area contributed by atoms with Gasteiger partial charge in [0.1, 0.15) is 11.4 Å². The highest BCUT2D eigenvalue weighted by Crippen LogP contribution is 2.43. The highest BCUT2D eigenvalue weighted by Gasteiger charge is 2.43. The average Bonchev–Trinajstić information content (AvgIpc) is 3.09. The summed E-state index contributed by atoms with van der Waals surface area (Å²) >= 11 is 0. The van der Waals surface area contributed by atoms with Gasteiger partial charge in [0.05, 0.1) is 26.4 Å². The Labute approximate surface area is 248 Å². The summed E-state index contributed by atoms with van der Waals surface area (Å²) in [5.74, 6) is 0.0126. The van der Waals surface area contributed by atoms with Crippen molar-refractivity contribution in [3.8, 4) is 0 Å². The number of Topliss-reactive ketones (excluding diaryl/α,β-unsaturated/α-hetero) is 1. The summed E-state index contributed by atoms with van der Waals surface area (Å²) in [6.45, 7) is 5.75. The predicted octanol–water partition coefficient (Wildman–Crippen LogP) is 4.73. The van der Waals surface area contributed by atoms with Crippen LogP contribution in [0.4, 0.5) is 0 Å². The van der Waals surface area contributed by atoms with E-state index in [0.29, 0.717) is 50.4 Å². The summed E-state index contributed by atoms with van der Waals surface area (Å²) in [4.78, 5) is 19.3. The molecule has 42 heavy (non-hydrogen) atoms. The average molecular weight is 569 g/mol. The lowest BCUT2D eigenvalue weighted by Crippen LogP contribution is -2.54. The third-order valence-electron chi connectivity index (χ3n) is 9.06. The van der Waals surface area contributed by atoms with Gasteiger partial charge in [-0.25, -0.2) is 0 Å². The van der Waals surface area contributed by atoms with E-state index in [-0.39, 0.29) is 5.78 Å². The molecule has 2 atom stereocenters. The Kier molecular flexibility index (Phi) is 8.67. The normalized spacial score (nSPS) is 27.5. The Hall–Kier alpha value is -3.17. The molecule has 0 N–H and O–H groups in total. The van der Waals surface area contributed by atoms with Crippen LogP contribution in [0.25, 0.3) is 11.1 Å². The number of carbonyl (C=O) groups excluding carboxylic acids is 1. The van der Waals surface area contributed by atoms with E-state index in [0.717, 1.165) is 48.5 Å². The summed E-state index contributed by atoms with van der Waals surface area (Å²) in [5.41, 5.74) is 4.15. The summed E-state index contributed by atoms with van der Waals surface area (Å²) in [6, 6.07) is 20.4. The van der Waals surface area contributed by atoms with E-state index in [2.05, 4.69) is 46.2 Å². The minimum Gasteiger partial charge on any atom is -0.379 e. The number of hydrogen-bond donors (Lipinski definition) is 0. The van der Waals surface area contributed by atoms with Crippen LogP contribution in [-0.4, -0.2) is 93.9 Å². The molecule has 2 aromatic carbocycles. The number of ketones is 1. The fourth-order valence-corrected chi connectivity index (χ4v) is 6.66. The van der Waals surface area contributed by atoms with E-state index in [1.54, 1.807) is 14.2 Å². The molecule has 6 rings (SSSR count). The molecule has 0 spiro atoms. The molecule has 2 saturated heterocycles. The molecule has 2 fully saturated rings. The smallest absolute Gasteiger partial charge is 0.193 e.